The molecule has 7 heteroatoms. The van der Waals surface area contributed by atoms with Gasteiger partial charge in [-0.2, -0.15) is 14.9 Å². The van der Waals surface area contributed by atoms with Gasteiger partial charge in [-0.15, -0.1) is 0 Å². The monoisotopic (exact) mass is 273 g/mol. The van der Waals surface area contributed by atoms with Crippen LogP contribution in [0.1, 0.15) is 12.5 Å². The van der Waals surface area contributed by atoms with E-state index in [1.165, 1.54) is 6.33 Å². The van der Waals surface area contributed by atoms with Crippen LogP contribution in [0.5, 0.6) is 0 Å². The lowest BCUT2D eigenvalue weighted by molar-refractivity contribution is -0.0423. The Hall–Kier alpha value is -2.17. The van der Waals surface area contributed by atoms with E-state index in [1.807, 2.05) is 13.0 Å². The number of nitriles is 1. The third-order valence-corrected chi connectivity index (χ3v) is 3.38. The summed E-state index contributed by atoms with van der Waals surface area (Å²) in [6.45, 7) is 3.24. The summed E-state index contributed by atoms with van der Waals surface area (Å²) < 4.78 is 7.29. The van der Waals surface area contributed by atoms with Crippen molar-refractivity contribution in [2.24, 2.45) is 0 Å². The Morgan fingerprint density at radius 3 is 3.10 bits per heavy atom. The molecule has 1 aliphatic heterocycles. The lowest BCUT2D eigenvalue weighted by Gasteiger charge is -2.37. The number of hydrogen-bond acceptors (Lipinski definition) is 6. The van der Waals surface area contributed by atoms with Gasteiger partial charge in [-0.1, -0.05) is 0 Å². The van der Waals surface area contributed by atoms with E-state index in [0.29, 0.717) is 24.3 Å². The summed E-state index contributed by atoms with van der Waals surface area (Å²) in [5.74, 6) is 0.852. The quantitative estimate of drug-likeness (QED) is 0.840. The first kappa shape index (κ1) is 12.8. The Morgan fingerprint density at radius 2 is 2.35 bits per heavy atom. The zero-order chi connectivity index (χ0) is 14.1. The zero-order valence-electron chi connectivity index (χ0n) is 11.1. The highest BCUT2D eigenvalue weighted by atomic mass is 16.5. The lowest BCUT2D eigenvalue weighted by Crippen LogP contribution is -2.48. The van der Waals surface area contributed by atoms with E-state index in [2.05, 4.69) is 21.1 Å². The van der Waals surface area contributed by atoms with Crippen molar-refractivity contribution in [3.8, 4) is 6.07 Å². The molecule has 0 aromatic carbocycles. The summed E-state index contributed by atoms with van der Waals surface area (Å²) in [6.07, 6.45) is 1.25. The van der Waals surface area contributed by atoms with Crippen LogP contribution >= 0.6 is 0 Å². The van der Waals surface area contributed by atoms with Gasteiger partial charge in [0.05, 0.1) is 24.4 Å². The molecule has 0 bridgehead atoms. The zero-order valence-corrected chi connectivity index (χ0v) is 11.1. The molecule has 0 aliphatic carbocycles. The average molecular weight is 273 g/mol. The average Bonchev–Trinajstić information content (AvgIpc) is 2.94. The molecule has 7 nitrogen and oxygen atoms in total. The van der Waals surface area contributed by atoms with Crippen LogP contribution in [0.25, 0.3) is 5.65 Å². The molecule has 0 saturated carbocycles. The second-order valence-corrected chi connectivity index (χ2v) is 4.87. The molecule has 1 N–H and O–H groups in total. The van der Waals surface area contributed by atoms with Crippen molar-refractivity contribution in [2.75, 3.05) is 24.6 Å². The number of rotatable bonds is 2. The van der Waals surface area contributed by atoms with Gasteiger partial charge in [0.25, 0.3) is 0 Å². The molecule has 0 unspecified atom stereocenters. The van der Waals surface area contributed by atoms with Gasteiger partial charge in [0.1, 0.15) is 18.2 Å². The minimum Gasteiger partial charge on any atom is -0.394 e. The summed E-state index contributed by atoms with van der Waals surface area (Å²) >= 11 is 0. The highest BCUT2D eigenvalue weighted by Gasteiger charge is 2.26. The van der Waals surface area contributed by atoms with Gasteiger partial charge in [0.15, 0.2) is 5.65 Å². The van der Waals surface area contributed by atoms with Crippen LogP contribution in [-0.4, -0.2) is 51.6 Å². The largest absolute Gasteiger partial charge is 0.394 e. The number of pyridine rings is 1. The molecule has 3 heterocycles. The maximum atomic E-state index is 9.30. The molecular formula is C13H15N5O2. The smallest absolute Gasteiger partial charge is 0.175 e. The number of ether oxygens (including phenoxy) is 1. The fourth-order valence-corrected chi connectivity index (χ4v) is 2.56. The van der Waals surface area contributed by atoms with Crippen LogP contribution in [0, 0.1) is 11.3 Å². The third-order valence-electron chi connectivity index (χ3n) is 3.38. The number of fused-ring (bicyclic) bond motifs is 1. The van der Waals surface area contributed by atoms with Crippen LogP contribution in [0.3, 0.4) is 0 Å². The van der Waals surface area contributed by atoms with Gasteiger partial charge in [-0.05, 0) is 19.1 Å². The first-order valence-electron chi connectivity index (χ1n) is 6.47. The van der Waals surface area contributed by atoms with Gasteiger partial charge in [0.2, 0.25) is 0 Å². The van der Waals surface area contributed by atoms with Gasteiger partial charge < -0.3 is 14.7 Å². The van der Waals surface area contributed by atoms with Crippen LogP contribution in [-0.2, 0) is 4.74 Å². The van der Waals surface area contributed by atoms with Crippen molar-refractivity contribution in [1.29, 1.82) is 5.26 Å². The summed E-state index contributed by atoms with van der Waals surface area (Å²) in [5, 5.41) is 22.6. The van der Waals surface area contributed by atoms with Crippen LogP contribution in [0.2, 0.25) is 0 Å². The number of nitrogens with zero attached hydrogens (tertiary/aromatic N) is 5. The van der Waals surface area contributed by atoms with Crippen LogP contribution < -0.4 is 4.90 Å². The second-order valence-electron chi connectivity index (χ2n) is 4.87. The second kappa shape index (κ2) is 5.07. The van der Waals surface area contributed by atoms with Crippen LogP contribution in [0.4, 0.5) is 5.82 Å². The van der Waals surface area contributed by atoms with Crippen molar-refractivity contribution < 1.29 is 9.84 Å². The Morgan fingerprint density at radius 1 is 1.50 bits per heavy atom. The molecule has 1 fully saturated rings. The van der Waals surface area contributed by atoms with E-state index < -0.39 is 0 Å². The Labute approximate surface area is 116 Å². The van der Waals surface area contributed by atoms with Crippen molar-refractivity contribution in [1.82, 2.24) is 14.6 Å². The first-order valence-corrected chi connectivity index (χ1v) is 6.47. The van der Waals surface area contributed by atoms with Gasteiger partial charge in [0, 0.05) is 13.1 Å². The minimum absolute atomic E-state index is 0.0163. The molecule has 2 aromatic rings. The Balaban J connectivity index is 2.02. The van der Waals surface area contributed by atoms with E-state index >= 15 is 0 Å². The highest BCUT2D eigenvalue weighted by molar-refractivity contribution is 5.60. The van der Waals surface area contributed by atoms with Crippen molar-refractivity contribution in [3.63, 3.8) is 0 Å². The van der Waals surface area contributed by atoms with E-state index in [-0.39, 0.29) is 18.8 Å². The van der Waals surface area contributed by atoms with E-state index in [0.717, 1.165) is 5.82 Å². The maximum absolute atomic E-state index is 9.30. The van der Waals surface area contributed by atoms with Crippen LogP contribution in [0.15, 0.2) is 18.5 Å². The molecule has 0 amide bonds. The fraction of sp³-hybridized carbons (Fsp3) is 0.462. The number of aliphatic hydroxyl groups excluding tert-OH is 1. The van der Waals surface area contributed by atoms with Gasteiger partial charge in [-0.3, -0.25) is 0 Å². The van der Waals surface area contributed by atoms with Crippen molar-refractivity contribution >= 4 is 11.5 Å². The summed E-state index contributed by atoms with van der Waals surface area (Å²) in [4.78, 5) is 6.22. The molecule has 3 rings (SSSR count). The topological polar surface area (TPSA) is 86.7 Å². The van der Waals surface area contributed by atoms with E-state index in [4.69, 9.17) is 10.00 Å². The number of hydrogen-bond donors (Lipinski definition) is 1. The van der Waals surface area contributed by atoms with Gasteiger partial charge in [-0.25, -0.2) is 4.98 Å². The predicted molar refractivity (Wildman–Crippen MR) is 71.3 cm³/mol. The predicted octanol–water partition coefficient (Wildman–Crippen LogP) is 0.187. The fourth-order valence-electron chi connectivity index (χ4n) is 2.56. The maximum Gasteiger partial charge on any atom is 0.175 e. The molecule has 1 aliphatic rings. The number of morpholine rings is 1. The number of aromatic nitrogens is 3. The van der Waals surface area contributed by atoms with E-state index in [1.54, 1.807) is 10.6 Å². The summed E-state index contributed by atoms with van der Waals surface area (Å²) in [6, 6.07) is 5.71. The molecule has 1 saturated heterocycles. The molecule has 2 aromatic heterocycles. The first-order chi connectivity index (χ1) is 9.72. The molecule has 0 radical (unpaired) electrons. The molecule has 2 atom stereocenters. The molecular weight excluding hydrogens is 258 g/mol. The van der Waals surface area contributed by atoms with Crippen molar-refractivity contribution in [2.45, 2.75) is 19.1 Å². The highest BCUT2D eigenvalue weighted by Crippen LogP contribution is 2.22. The minimum atomic E-state index is -0.215. The SMILES string of the molecule is C[C@@H]1CN(c2ccc(C#N)c3ncnn23)C[C@H](CO)O1. The number of aliphatic hydroxyl groups is 1. The molecule has 104 valence electrons. The Kier molecular flexibility index (Phi) is 3.26. The van der Waals surface area contributed by atoms with Gasteiger partial charge >= 0.3 is 0 Å². The molecule has 20 heavy (non-hydrogen) atoms. The summed E-state index contributed by atoms with van der Waals surface area (Å²) in [7, 11) is 0. The van der Waals surface area contributed by atoms with E-state index in [9.17, 15) is 5.11 Å². The molecule has 0 spiro atoms. The normalized spacial score (nSPS) is 22.9. The Bertz CT molecular complexity index is 662. The standard InChI is InChI=1S/C13H15N5O2/c1-9-5-17(6-11(7-19)20-9)12-3-2-10(4-14)13-15-8-16-18(12)13/h2-3,8-9,11,19H,5-7H2,1H3/t9-,11-/m1/s1. The summed E-state index contributed by atoms with van der Waals surface area (Å²) in [5.41, 5.74) is 1.04. The number of anilines is 1. The van der Waals surface area contributed by atoms with Crippen molar-refractivity contribution in [3.05, 3.63) is 24.0 Å². The lowest BCUT2D eigenvalue weighted by atomic mass is 10.2. The third kappa shape index (κ3) is 2.09.